The minimum Gasteiger partial charge on any atom is -0.492 e. The molecule has 1 aliphatic rings. The number of nitro groups is 1. The second-order valence-corrected chi connectivity index (χ2v) is 8.34. The number of rotatable bonds is 10. The molecule has 4 rings (SSSR count). The maximum absolute atomic E-state index is 12.8. The third-order valence-electron chi connectivity index (χ3n) is 4.91. The van der Waals surface area contributed by atoms with Crippen LogP contribution in [0.2, 0.25) is 0 Å². The molecule has 184 valence electrons. The van der Waals surface area contributed by atoms with Crippen LogP contribution in [0.3, 0.4) is 0 Å². The van der Waals surface area contributed by atoms with Gasteiger partial charge in [-0.2, -0.15) is 0 Å². The van der Waals surface area contributed by atoms with Gasteiger partial charge in [-0.25, -0.2) is 4.98 Å². The lowest BCUT2D eigenvalue weighted by molar-refractivity contribution is -0.385. The SMILES string of the molecule is CCOc1cc(/C=C2\SC(=O)N(CCOc3ccccc3)C2=O)ccc1Oc1ccc([N+](=O)[O-])cn1. The Morgan fingerprint density at radius 1 is 1.06 bits per heavy atom. The van der Waals surface area contributed by atoms with E-state index < -0.39 is 10.8 Å². The van der Waals surface area contributed by atoms with Gasteiger partial charge in [-0.3, -0.25) is 24.6 Å². The molecule has 10 nitrogen and oxygen atoms in total. The van der Waals surface area contributed by atoms with E-state index in [4.69, 9.17) is 14.2 Å². The fourth-order valence-electron chi connectivity index (χ4n) is 3.24. The second-order valence-electron chi connectivity index (χ2n) is 7.35. The Hall–Kier alpha value is -4.38. The van der Waals surface area contributed by atoms with E-state index in [2.05, 4.69) is 4.98 Å². The first kappa shape index (κ1) is 24.7. The summed E-state index contributed by atoms with van der Waals surface area (Å²) in [5.41, 5.74) is 0.483. The Kier molecular flexibility index (Phi) is 7.81. The van der Waals surface area contributed by atoms with Crippen LogP contribution in [-0.2, 0) is 4.79 Å². The molecule has 0 spiro atoms. The van der Waals surface area contributed by atoms with Gasteiger partial charge in [-0.05, 0) is 54.6 Å². The lowest BCUT2D eigenvalue weighted by atomic mass is 10.2. The van der Waals surface area contributed by atoms with Crippen molar-refractivity contribution in [3.05, 3.63) is 87.4 Å². The maximum Gasteiger partial charge on any atom is 0.293 e. The molecular weight excluding hydrogens is 486 g/mol. The normalized spacial score (nSPS) is 14.2. The predicted molar refractivity (Wildman–Crippen MR) is 133 cm³/mol. The van der Waals surface area contributed by atoms with Crippen LogP contribution in [0, 0.1) is 10.1 Å². The number of amides is 2. The molecule has 0 aliphatic carbocycles. The number of carbonyl (C=O) groups is 2. The van der Waals surface area contributed by atoms with Crippen molar-refractivity contribution in [2.24, 2.45) is 0 Å². The van der Waals surface area contributed by atoms with Crippen molar-refractivity contribution in [3.8, 4) is 23.1 Å². The zero-order chi connectivity index (χ0) is 25.5. The highest BCUT2D eigenvalue weighted by molar-refractivity contribution is 8.18. The first-order valence-electron chi connectivity index (χ1n) is 10.9. The van der Waals surface area contributed by atoms with Crippen molar-refractivity contribution in [1.82, 2.24) is 9.88 Å². The van der Waals surface area contributed by atoms with Gasteiger partial charge in [-0.1, -0.05) is 24.3 Å². The van der Waals surface area contributed by atoms with Gasteiger partial charge in [0, 0.05) is 12.1 Å². The maximum atomic E-state index is 12.8. The highest BCUT2D eigenvalue weighted by Crippen LogP contribution is 2.36. The molecule has 0 radical (unpaired) electrons. The molecule has 1 aliphatic heterocycles. The molecule has 0 bridgehead atoms. The first-order chi connectivity index (χ1) is 17.4. The van der Waals surface area contributed by atoms with Crippen LogP contribution >= 0.6 is 11.8 Å². The van der Waals surface area contributed by atoms with E-state index >= 15 is 0 Å². The zero-order valence-electron chi connectivity index (χ0n) is 19.2. The lowest BCUT2D eigenvalue weighted by Crippen LogP contribution is -2.32. The number of hydrogen-bond donors (Lipinski definition) is 0. The summed E-state index contributed by atoms with van der Waals surface area (Å²) >= 11 is 0.858. The fourth-order valence-corrected chi connectivity index (χ4v) is 4.10. The topological polar surface area (TPSA) is 121 Å². The minimum atomic E-state index is -0.546. The first-order valence-corrected chi connectivity index (χ1v) is 11.7. The quantitative estimate of drug-likeness (QED) is 0.204. The standard InChI is InChI=1S/C25H21N3O7S/c1-2-33-21-14-17(8-10-20(21)35-23-11-9-18(16-26-23)28(31)32)15-22-24(29)27(25(30)36-22)12-13-34-19-6-4-3-5-7-19/h3-11,14-16H,2,12-13H2,1H3/b22-15-. The number of thioether (sulfide) groups is 1. The van der Waals surface area contributed by atoms with E-state index in [-0.39, 0.29) is 34.9 Å². The van der Waals surface area contributed by atoms with E-state index in [1.165, 1.54) is 12.1 Å². The highest BCUT2D eigenvalue weighted by Gasteiger charge is 2.34. The average Bonchev–Trinajstić information content (AvgIpc) is 3.14. The summed E-state index contributed by atoms with van der Waals surface area (Å²) in [7, 11) is 0. The van der Waals surface area contributed by atoms with Crippen molar-refractivity contribution in [2.75, 3.05) is 19.8 Å². The summed E-state index contributed by atoms with van der Waals surface area (Å²) in [5, 5.41) is 10.4. The summed E-state index contributed by atoms with van der Waals surface area (Å²) in [5.74, 6) is 1.17. The van der Waals surface area contributed by atoms with Crippen LogP contribution in [-0.4, -0.2) is 45.7 Å². The largest absolute Gasteiger partial charge is 0.492 e. The van der Waals surface area contributed by atoms with Gasteiger partial charge in [-0.15, -0.1) is 0 Å². The average molecular weight is 508 g/mol. The van der Waals surface area contributed by atoms with Crippen molar-refractivity contribution < 1.29 is 28.7 Å². The Labute approximate surface area is 210 Å². The summed E-state index contributed by atoms with van der Waals surface area (Å²) in [6, 6.07) is 16.8. The molecule has 2 aromatic carbocycles. The summed E-state index contributed by atoms with van der Waals surface area (Å²) in [6.07, 6.45) is 2.71. The minimum absolute atomic E-state index is 0.135. The molecule has 0 N–H and O–H groups in total. The van der Waals surface area contributed by atoms with Crippen molar-refractivity contribution >= 4 is 34.7 Å². The number of benzene rings is 2. The van der Waals surface area contributed by atoms with Crippen LogP contribution in [0.5, 0.6) is 23.1 Å². The van der Waals surface area contributed by atoms with Gasteiger partial charge in [0.15, 0.2) is 11.5 Å². The molecular formula is C25H21N3O7S. The Balaban J connectivity index is 1.45. The summed E-state index contributed by atoms with van der Waals surface area (Å²) < 4.78 is 17.0. The molecule has 2 heterocycles. The predicted octanol–water partition coefficient (Wildman–Crippen LogP) is 5.30. The van der Waals surface area contributed by atoms with Gasteiger partial charge in [0.05, 0.1) is 23.0 Å². The van der Waals surface area contributed by atoms with Crippen LogP contribution in [0.25, 0.3) is 6.08 Å². The Bertz CT molecular complexity index is 1300. The third-order valence-corrected chi connectivity index (χ3v) is 5.82. The number of aromatic nitrogens is 1. The molecule has 0 unspecified atom stereocenters. The fraction of sp³-hybridized carbons (Fsp3) is 0.160. The van der Waals surface area contributed by atoms with Gasteiger partial charge in [0.2, 0.25) is 5.88 Å². The molecule has 0 saturated carbocycles. The Morgan fingerprint density at radius 3 is 2.56 bits per heavy atom. The van der Waals surface area contributed by atoms with Gasteiger partial charge >= 0.3 is 0 Å². The molecule has 0 atom stereocenters. The summed E-state index contributed by atoms with van der Waals surface area (Å²) in [4.78, 5) is 40.8. The number of imide groups is 1. The molecule has 1 fully saturated rings. The highest BCUT2D eigenvalue weighted by atomic mass is 32.2. The van der Waals surface area contributed by atoms with Gasteiger partial charge in [0.25, 0.3) is 16.8 Å². The van der Waals surface area contributed by atoms with E-state index in [1.807, 2.05) is 25.1 Å². The molecule has 11 heteroatoms. The second kappa shape index (κ2) is 11.4. The summed E-state index contributed by atoms with van der Waals surface area (Å²) in [6.45, 7) is 2.48. The molecule has 1 aromatic heterocycles. The van der Waals surface area contributed by atoms with E-state index in [0.717, 1.165) is 22.9 Å². The smallest absolute Gasteiger partial charge is 0.293 e. The van der Waals surface area contributed by atoms with Crippen molar-refractivity contribution in [2.45, 2.75) is 6.92 Å². The molecule has 36 heavy (non-hydrogen) atoms. The number of carbonyl (C=O) groups excluding carboxylic acids is 2. The van der Waals surface area contributed by atoms with Crippen molar-refractivity contribution in [1.29, 1.82) is 0 Å². The van der Waals surface area contributed by atoms with Crippen LogP contribution in [0.4, 0.5) is 10.5 Å². The van der Waals surface area contributed by atoms with Crippen LogP contribution < -0.4 is 14.2 Å². The monoisotopic (exact) mass is 507 g/mol. The number of hydrogen-bond acceptors (Lipinski definition) is 9. The van der Waals surface area contributed by atoms with Gasteiger partial charge in [0.1, 0.15) is 18.6 Å². The van der Waals surface area contributed by atoms with Crippen LogP contribution in [0.1, 0.15) is 12.5 Å². The number of pyridine rings is 1. The third kappa shape index (κ3) is 5.99. The van der Waals surface area contributed by atoms with Crippen LogP contribution in [0.15, 0.2) is 71.8 Å². The molecule has 1 saturated heterocycles. The number of ether oxygens (including phenoxy) is 3. The van der Waals surface area contributed by atoms with Gasteiger partial charge < -0.3 is 14.2 Å². The molecule has 2 amide bonds. The molecule has 3 aromatic rings. The van der Waals surface area contributed by atoms with E-state index in [0.29, 0.717) is 29.4 Å². The van der Waals surface area contributed by atoms with Crippen molar-refractivity contribution in [3.63, 3.8) is 0 Å². The van der Waals surface area contributed by atoms with E-state index in [9.17, 15) is 19.7 Å². The number of para-hydroxylation sites is 1. The zero-order valence-corrected chi connectivity index (χ0v) is 20.0. The Morgan fingerprint density at radius 2 is 1.86 bits per heavy atom. The lowest BCUT2D eigenvalue weighted by Gasteiger charge is -2.13. The van der Waals surface area contributed by atoms with E-state index in [1.54, 1.807) is 36.4 Å². The number of nitrogens with zero attached hydrogens (tertiary/aromatic N) is 3.